The van der Waals surface area contributed by atoms with Crippen molar-refractivity contribution in [2.45, 2.75) is 18.9 Å². The van der Waals surface area contributed by atoms with E-state index in [1.807, 2.05) is 18.2 Å². The van der Waals surface area contributed by atoms with Gasteiger partial charge >= 0.3 is 0 Å². The van der Waals surface area contributed by atoms with Gasteiger partial charge in [0.15, 0.2) is 0 Å². The third-order valence-corrected chi connectivity index (χ3v) is 3.78. The van der Waals surface area contributed by atoms with Gasteiger partial charge in [-0.05, 0) is 24.9 Å². The molecule has 0 saturated carbocycles. The van der Waals surface area contributed by atoms with E-state index in [-0.39, 0.29) is 17.9 Å². The molecule has 0 aromatic heterocycles. The molecule has 2 rings (SSSR count). The van der Waals surface area contributed by atoms with Crippen molar-refractivity contribution in [3.63, 3.8) is 0 Å². The Labute approximate surface area is 114 Å². The molecule has 2 atom stereocenters. The van der Waals surface area contributed by atoms with Gasteiger partial charge in [-0.15, -0.1) is 0 Å². The molecular weight excluding hydrogens is 240 g/mol. The standard InChI is InChI=1S/C15H22N2O2/c1-19-14(9-12-5-3-2-4-6-12)11-17-8-7-13(10-17)15(16)18/h2-6,13-14H,7-11H2,1H3,(H2,16,18). The summed E-state index contributed by atoms with van der Waals surface area (Å²) in [6, 6.07) is 10.3. The minimum absolute atomic E-state index is 0.00855. The summed E-state index contributed by atoms with van der Waals surface area (Å²) in [4.78, 5) is 13.4. The molecule has 1 saturated heterocycles. The molecule has 1 fully saturated rings. The molecule has 2 N–H and O–H groups in total. The summed E-state index contributed by atoms with van der Waals surface area (Å²) in [5.41, 5.74) is 6.63. The molecule has 1 aromatic rings. The first-order valence-electron chi connectivity index (χ1n) is 6.77. The van der Waals surface area contributed by atoms with Crippen LogP contribution in [0, 0.1) is 5.92 Å². The van der Waals surface area contributed by atoms with Crippen LogP contribution in [0.1, 0.15) is 12.0 Å². The van der Waals surface area contributed by atoms with E-state index in [2.05, 4.69) is 17.0 Å². The lowest BCUT2D eigenvalue weighted by Crippen LogP contribution is -2.34. The monoisotopic (exact) mass is 262 g/mol. The Balaban J connectivity index is 1.85. The van der Waals surface area contributed by atoms with Crippen molar-refractivity contribution < 1.29 is 9.53 Å². The fourth-order valence-electron chi connectivity index (χ4n) is 2.62. The van der Waals surface area contributed by atoms with Gasteiger partial charge in [-0.25, -0.2) is 0 Å². The Morgan fingerprint density at radius 3 is 2.79 bits per heavy atom. The maximum Gasteiger partial charge on any atom is 0.221 e. The van der Waals surface area contributed by atoms with Gasteiger partial charge in [-0.2, -0.15) is 0 Å². The second-order valence-electron chi connectivity index (χ2n) is 5.19. The lowest BCUT2D eigenvalue weighted by molar-refractivity contribution is -0.121. The highest BCUT2D eigenvalue weighted by atomic mass is 16.5. The summed E-state index contributed by atoms with van der Waals surface area (Å²) >= 11 is 0. The second kappa shape index (κ2) is 6.68. The molecule has 0 bridgehead atoms. The molecule has 4 nitrogen and oxygen atoms in total. The third-order valence-electron chi connectivity index (χ3n) is 3.78. The van der Waals surface area contributed by atoms with Gasteiger partial charge in [0.25, 0.3) is 0 Å². The average Bonchev–Trinajstić information content (AvgIpc) is 2.88. The van der Waals surface area contributed by atoms with Crippen molar-refractivity contribution >= 4 is 5.91 Å². The van der Waals surface area contributed by atoms with Gasteiger partial charge in [-0.3, -0.25) is 9.69 Å². The van der Waals surface area contributed by atoms with Crippen LogP contribution in [0.2, 0.25) is 0 Å². The molecule has 104 valence electrons. The fraction of sp³-hybridized carbons (Fsp3) is 0.533. The van der Waals surface area contributed by atoms with Crippen molar-refractivity contribution in [2.24, 2.45) is 11.7 Å². The van der Waals surface area contributed by atoms with E-state index >= 15 is 0 Å². The number of ether oxygens (including phenoxy) is 1. The van der Waals surface area contributed by atoms with Crippen LogP contribution in [0.4, 0.5) is 0 Å². The number of nitrogens with zero attached hydrogens (tertiary/aromatic N) is 1. The molecule has 1 aliphatic rings. The molecule has 2 unspecified atom stereocenters. The molecule has 1 amide bonds. The normalized spacial score (nSPS) is 21.4. The van der Waals surface area contributed by atoms with E-state index in [0.717, 1.165) is 32.5 Å². The van der Waals surface area contributed by atoms with Crippen LogP contribution in [0.25, 0.3) is 0 Å². The molecule has 0 aliphatic carbocycles. The van der Waals surface area contributed by atoms with Gasteiger partial charge in [0.05, 0.1) is 12.0 Å². The SMILES string of the molecule is COC(Cc1ccccc1)CN1CCC(C(N)=O)C1. The van der Waals surface area contributed by atoms with E-state index in [9.17, 15) is 4.79 Å². The number of likely N-dealkylation sites (tertiary alicyclic amines) is 1. The van der Waals surface area contributed by atoms with Gasteiger partial charge in [-0.1, -0.05) is 30.3 Å². The highest BCUT2D eigenvalue weighted by Gasteiger charge is 2.28. The maximum absolute atomic E-state index is 11.2. The number of amides is 1. The van der Waals surface area contributed by atoms with Crippen LogP contribution in [0.15, 0.2) is 30.3 Å². The van der Waals surface area contributed by atoms with Crippen molar-refractivity contribution in [1.82, 2.24) is 4.90 Å². The Morgan fingerprint density at radius 1 is 1.47 bits per heavy atom. The summed E-state index contributed by atoms with van der Waals surface area (Å²) in [5.74, 6) is -0.172. The summed E-state index contributed by atoms with van der Waals surface area (Å²) in [6.45, 7) is 2.56. The van der Waals surface area contributed by atoms with E-state index < -0.39 is 0 Å². The summed E-state index contributed by atoms with van der Waals surface area (Å²) < 4.78 is 5.55. The fourth-order valence-corrected chi connectivity index (χ4v) is 2.62. The molecular formula is C15H22N2O2. The largest absolute Gasteiger partial charge is 0.380 e. The minimum Gasteiger partial charge on any atom is -0.380 e. The summed E-state index contributed by atoms with van der Waals surface area (Å²) in [5, 5.41) is 0. The van der Waals surface area contributed by atoms with Gasteiger partial charge < -0.3 is 10.5 Å². The van der Waals surface area contributed by atoms with Gasteiger partial charge in [0, 0.05) is 20.2 Å². The number of primary amides is 1. The first-order chi connectivity index (χ1) is 9.19. The first-order valence-corrected chi connectivity index (χ1v) is 6.77. The topological polar surface area (TPSA) is 55.6 Å². The van der Waals surface area contributed by atoms with Crippen molar-refractivity contribution in [2.75, 3.05) is 26.7 Å². The zero-order valence-corrected chi connectivity index (χ0v) is 11.4. The van der Waals surface area contributed by atoms with Crippen LogP contribution < -0.4 is 5.73 Å². The maximum atomic E-state index is 11.2. The van der Waals surface area contributed by atoms with Crippen molar-refractivity contribution in [3.8, 4) is 0 Å². The number of methoxy groups -OCH3 is 1. The van der Waals surface area contributed by atoms with Crippen LogP contribution in [-0.2, 0) is 16.0 Å². The predicted octanol–water partition coefficient (Wildman–Crippen LogP) is 1.05. The highest BCUT2D eigenvalue weighted by Crippen LogP contribution is 2.17. The number of hydrogen-bond acceptors (Lipinski definition) is 3. The minimum atomic E-state index is -0.181. The molecule has 4 heteroatoms. The number of carbonyl (C=O) groups excluding carboxylic acids is 1. The number of carbonyl (C=O) groups is 1. The number of rotatable bonds is 6. The van der Waals surface area contributed by atoms with E-state index in [1.165, 1.54) is 5.56 Å². The molecule has 1 heterocycles. The number of benzene rings is 1. The van der Waals surface area contributed by atoms with Crippen LogP contribution in [-0.4, -0.2) is 43.7 Å². The Kier molecular flexibility index (Phi) is 4.93. The van der Waals surface area contributed by atoms with Crippen LogP contribution in [0.5, 0.6) is 0 Å². The lowest BCUT2D eigenvalue weighted by atomic mass is 10.1. The highest BCUT2D eigenvalue weighted by molar-refractivity contribution is 5.77. The van der Waals surface area contributed by atoms with Crippen LogP contribution in [0.3, 0.4) is 0 Å². The number of nitrogens with two attached hydrogens (primary N) is 1. The second-order valence-corrected chi connectivity index (χ2v) is 5.19. The van der Waals surface area contributed by atoms with Gasteiger partial charge in [0.2, 0.25) is 5.91 Å². The summed E-state index contributed by atoms with van der Waals surface area (Å²) in [7, 11) is 1.75. The average molecular weight is 262 g/mol. The van der Waals surface area contributed by atoms with Crippen molar-refractivity contribution in [3.05, 3.63) is 35.9 Å². The number of hydrogen-bond donors (Lipinski definition) is 1. The zero-order chi connectivity index (χ0) is 13.7. The van der Waals surface area contributed by atoms with Gasteiger partial charge in [0.1, 0.15) is 0 Å². The zero-order valence-electron chi connectivity index (χ0n) is 11.4. The molecule has 1 aliphatic heterocycles. The van der Waals surface area contributed by atoms with E-state index in [1.54, 1.807) is 7.11 Å². The molecule has 0 radical (unpaired) electrons. The predicted molar refractivity (Wildman–Crippen MR) is 74.7 cm³/mol. The molecule has 1 aromatic carbocycles. The first kappa shape index (κ1) is 14.0. The quantitative estimate of drug-likeness (QED) is 0.833. The van der Waals surface area contributed by atoms with E-state index in [4.69, 9.17) is 10.5 Å². The lowest BCUT2D eigenvalue weighted by Gasteiger charge is -2.22. The Morgan fingerprint density at radius 2 is 2.21 bits per heavy atom. The molecule has 0 spiro atoms. The third kappa shape index (κ3) is 4.04. The Hall–Kier alpha value is -1.39. The van der Waals surface area contributed by atoms with E-state index in [0.29, 0.717) is 0 Å². The van der Waals surface area contributed by atoms with Crippen LogP contribution >= 0.6 is 0 Å². The molecule has 19 heavy (non-hydrogen) atoms. The summed E-state index contributed by atoms with van der Waals surface area (Å²) in [6.07, 6.45) is 1.93. The smallest absolute Gasteiger partial charge is 0.221 e. The van der Waals surface area contributed by atoms with Crippen molar-refractivity contribution in [1.29, 1.82) is 0 Å². The Bertz CT molecular complexity index is 408.